The molecule has 0 aliphatic rings. The van der Waals surface area contributed by atoms with Crippen LogP contribution < -0.4 is 5.32 Å². The summed E-state index contributed by atoms with van der Waals surface area (Å²) in [4.78, 5) is 0. The van der Waals surface area contributed by atoms with Crippen LogP contribution in [0.3, 0.4) is 0 Å². The third-order valence-electron chi connectivity index (χ3n) is 3.00. The molecule has 0 aromatic heterocycles. The minimum absolute atomic E-state index is 0.339. The zero-order valence-corrected chi connectivity index (χ0v) is 11.7. The summed E-state index contributed by atoms with van der Waals surface area (Å²) in [6.45, 7) is 4.96. The highest BCUT2D eigenvalue weighted by molar-refractivity contribution is 5.66. The molecule has 20 heavy (non-hydrogen) atoms. The molecule has 0 atom stereocenters. The van der Waals surface area contributed by atoms with Gasteiger partial charge in [0.25, 0.3) is 0 Å². The molecule has 0 bridgehead atoms. The van der Waals surface area contributed by atoms with Crippen LogP contribution in [-0.2, 0) is 6.54 Å². The maximum absolute atomic E-state index is 13.5. The molecule has 0 fully saturated rings. The number of hydrogen-bond donors (Lipinski definition) is 1. The lowest BCUT2D eigenvalue weighted by Crippen LogP contribution is -2.21. The van der Waals surface area contributed by atoms with Gasteiger partial charge in [-0.25, -0.2) is 4.39 Å². The predicted molar refractivity (Wildman–Crippen MR) is 78.5 cm³/mol. The van der Waals surface area contributed by atoms with E-state index < -0.39 is 0 Å². The average Bonchev–Trinajstić information content (AvgIpc) is 2.44. The quantitative estimate of drug-likeness (QED) is 0.914. The Morgan fingerprint density at radius 1 is 1.15 bits per heavy atom. The molecule has 0 heterocycles. The molecule has 2 nitrogen and oxygen atoms in total. The van der Waals surface area contributed by atoms with Gasteiger partial charge in [-0.3, -0.25) is 0 Å². The van der Waals surface area contributed by atoms with E-state index in [1.165, 1.54) is 12.1 Å². The van der Waals surface area contributed by atoms with Crippen LogP contribution in [-0.4, -0.2) is 6.04 Å². The molecule has 1 N–H and O–H groups in total. The van der Waals surface area contributed by atoms with Crippen LogP contribution in [0.4, 0.5) is 4.39 Å². The highest BCUT2D eigenvalue weighted by Gasteiger charge is 2.04. The first kappa shape index (κ1) is 14.2. The lowest BCUT2D eigenvalue weighted by molar-refractivity contribution is 0.589. The number of nitriles is 1. The molecule has 2 rings (SSSR count). The summed E-state index contributed by atoms with van der Waals surface area (Å²) in [5, 5.41) is 12.3. The van der Waals surface area contributed by atoms with Crippen molar-refractivity contribution in [3.05, 3.63) is 59.4 Å². The Morgan fingerprint density at radius 3 is 2.65 bits per heavy atom. The molecule has 0 aliphatic heterocycles. The van der Waals surface area contributed by atoms with Crippen molar-refractivity contribution in [3.63, 3.8) is 0 Å². The molecule has 2 aromatic carbocycles. The largest absolute Gasteiger partial charge is 0.310 e. The summed E-state index contributed by atoms with van der Waals surface area (Å²) in [5.74, 6) is -0.384. The van der Waals surface area contributed by atoms with Crippen LogP contribution in [0.15, 0.2) is 42.5 Å². The highest BCUT2D eigenvalue weighted by atomic mass is 19.1. The lowest BCUT2D eigenvalue weighted by Gasteiger charge is -2.10. The predicted octanol–water partition coefficient (Wildman–Crippen LogP) is 3.86. The van der Waals surface area contributed by atoms with Crippen molar-refractivity contribution >= 4 is 0 Å². The number of benzene rings is 2. The van der Waals surface area contributed by atoms with Crippen LogP contribution in [0.1, 0.15) is 25.0 Å². The second-order valence-electron chi connectivity index (χ2n) is 5.08. The monoisotopic (exact) mass is 268 g/mol. The van der Waals surface area contributed by atoms with Gasteiger partial charge in [-0.05, 0) is 41.0 Å². The first-order chi connectivity index (χ1) is 9.58. The molecule has 0 unspecified atom stereocenters. The van der Waals surface area contributed by atoms with E-state index >= 15 is 0 Å². The Hall–Kier alpha value is -2.18. The van der Waals surface area contributed by atoms with Gasteiger partial charge in [0.2, 0.25) is 0 Å². The Kier molecular flexibility index (Phi) is 4.49. The summed E-state index contributed by atoms with van der Waals surface area (Å²) < 4.78 is 13.5. The van der Waals surface area contributed by atoms with Crippen LogP contribution >= 0.6 is 0 Å². The van der Waals surface area contributed by atoms with Gasteiger partial charge in [-0.2, -0.15) is 5.26 Å². The van der Waals surface area contributed by atoms with E-state index in [-0.39, 0.29) is 5.82 Å². The molecule has 0 aliphatic carbocycles. The van der Waals surface area contributed by atoms with E-state index in [1.807, 2.05) is 30.3 Å². The van der Waals surface area contributed by atoms with Crippen molar-refractivity contribution in [1.82, 2.24) is 5.32 Å². The summed E-state index contributed by atoms with van der Waals surface area (Å²) in [7, 11) is 0. The molecule has 0 saturated carbocycles. The van der Waals surface area contributed by atoms with Gasteiger partial charge in [-0.1, -0.05) is 32.0 Å². The minimum Gasteiger partial charge on any atom is -0.310 e. The Bertz CT molecular complexity index is 642. The Morgan fingerprint density at radius 2 is 1.95 bits per heavy atom. The third kappa shape index (κ3) is 3.66. The van der Waals surface area contributed by atoms with E-state index in [0.29, 0.717) is 11.6 Å². The molecule has 2 aromatic rings. The fourth-order valence-corrected chi connectivity index (χ4v) is 2.00. The van der Waals surface area contributed by atoms with Gasteiger partial charge in [0.05, 0.1) is 11.6 Å². The van der Waals surface area contributed by atoms with Crippen molar-refractivity contribution in [3.8, 4) is 17.2 Å². The molecule has 0 saturated heterocycles. The van der Waals surface area contributed by atoms with Crippen LogP contribution in [0.25, 0.3) is 11.1 Å². The van der Waals surface area contributed by atoms with E-state index in [2.05, 4.69) is 19.2 Å². The number of rotatable bonds is 4. The van der Waals surface area contributed by atoms with Gasteiger partial charge in [0, 0.05) is 12.6 Å². The van der Waals surface area contributed by atoms with Crippen molar-refractivity contribution < 1.29 is 4.39 Å². The van der Waals surface area contributed by atoms with E-state index in [9.17, 15) is 4.39 Å². The summed E-state index contributed by atoms with van der Waals surface area (Å²) >= 11 is 0. The zero-order chi connectivity index (χ0) is 14.5. The summed E-state index contributed by atoms with van der Waals surface area (Å²) in [6.07, 6.45) is 0. The SMILES string of the molecule is CC(C)NCc1cccc(-c2cc(F)cc(C#N)c2)c1. The second kappa shape index (κ2) is 6.31. The van der Waals surface area contributed by atoms with Crippen molar-refractivity contribution in [1.29, 1.82) is 5.26 Å². The lowest BCUT2D eigenvalue weighted by atomic mass is 10.0. The zero-order valence-electron chi connectivity index (χ0n) is 11.7. The minimum atomic E-state index is -0.384. The van der Waals surface area contributed by atoms with E-state index in [0.717, 1.165) is 23.2 Å². The fourth-order valence-electron chi connectivity index (χ4n) is 2.00. The number of halogens is 1. The first-order valence-corrected chi connectivity index (χ1v) is 6.62. The van der Waals surface area contributed by atoms with Crippen molar-refractivity contribution in [2.45, 2.75) is 26.4 Å². The number of hydrogen-bond acceptors (Lipinski definition) is 2. The van der Waals surface area contributed by atoms with Gasteiger partial charge in [-0.15, -0.1) is 0 Å². The van der Waals surface area contributed by atoms with Gasteiger partial charge < -0.3 is 5.32 Å². The van der Waals surface area contributed by atoms with Crippen LogP contribution in [0.5, 0.6) is 0 Å². The second-order valence-corrected chi connectivity index (χ2v) is 5.08. The van der Waals surface area contributed by atoms with Crippen molar-refractivity contribution in [2.24, 2.45) is 0 Å². The summed E-state index contributed by atoms with van der Waals surface area (Å²) in [6, 6.07) is 14.7. The van der Waals surface area contributed by atoms with Gasteiger partial charge in [0.1, 0.15) is 5.82 Å². The smallest absolute Gasteiger partial charge is 0.125 e. The van der Waals surface area contributed by atoms with Crippen LogP contribution in [0, 0.1) is 17.1 Å². The average molecular weight is 268 g/mol. The highest BCUT2D eigenvalue weighted by Crippen LogP contribution is 2.23. The maximum atomic E-state index is 13.5. The van der Waals surface area contributed by atoms with E-state index in [4.69, 9.17) is 5.26 Å². The Labute approximate surface area is 118 Å². The topological polar surface area (TPSA) is 35.8 Å². The molecular formula is C17H17FN2. The van der Waals surface area contributed by atoms with E-state index in [1.54, 1.807) is 6.07 Å². The first-order valence-electron chi connectivity index (χ1n) is 6.62. The molecule has 0 spiro atoms. The normalized spacial score (nSPS) is 10.6. The molecule has 102 valence electrons. The number of nitrogens with zero attached hydrogens (tertiary/aromatic N) is 1. The summed E-state index contributed by atoms with van der Waals surface area (Å²) in [5.41, 5.74) is 3.13. The van der Waals surface area contributed by atoms with Crippen molar-refractivity contribution in [2.75, 3.05) is 0 Å². The molecular weight excluding hydrogens is 251 g/mol. The molecule has 3 heteroatoms. The molecule has 0 radical (unpaired) electrons. The van der Waals surface area contributed by atoms with Crippen LogP contribution in [0.2, 0.25) is 0 Å². The van der Waals surface area contributed by atoms with Gasteiger partial charge >= 0.3 is 0 Å². The maximum Gasteiger partial charge on any atom is 0.125 e. The third-order valence-corrected chi connectivity index (χ3v) is 3.00. The van der Waals surface area contributed by atoms with Gasteiger partial charge in [0.15, 0.2) is 0 Å². The standard InChI is InChI=1S/C17H17FN2/c1-12(2)20-11-13-4-3-5-15(6-13)16-7-14(10-19)8-17(18)9-16/h3-9,12,20H,11H2,1-2H3. The Balaban J connectivity index is 2.31. The number of nitrogens with one attached hydrogen (secondary N) is 1. The molecule has 0 amide bonds. The fraction of sp³-hybridized carbons (Fsp3) is 0.235.